The van der Waals surface area contributed by atoms with Crippen molar-refractivity contribution < 1.29 is 31.1 Å². The fraction of sp³-hybridized carbons (Fsp3) is 0.400. The number of alkyl halides is 6. The van der Waals surface area contributed by atoms with Crippen molar-refractivity contribution in [3.8, 4) is 0 Å². The summed E-state index contributed by atoms with van der Waals surface area (Å²) in [6, 6.07) is 0.793. The van der Waals surface area contributed by atoms with Gasteiger partial charge in [0, 0.05) is 6.20 Å². The average Bonchev–Trinajstić information content (AvgIpc) is 2.15. The molecule has 9 heteroatoms. The second-order valence-corrected chi connectivity index (χ2v) is 3.75. The van der Waals surface area contributed by atoms with E-state index < -0.39 is 47.9 Å². The van der Waals surface area contributed by atoms with Crippen LogP contribution in [0.25, 0.3) is 0 Å². The Morgan fingerprint density at radius 1 is 1.11 bits per heavy atom. The van der Waals surface area contributed by atoms with E-state index in [-0.39, 0.29) is 0 Å². The van der Waals surface area contributed by atoms with Gasteiger partial charge in [-0.05, 0) is 17.2 Å². The highest BCUT2D eigenvalue weighted by Crippen LogP contribution is 2.29. The Kier molecular flexibility index (Phi) is 4.06. The monoisotopic (exact) mass is 286 g/mol. The third-order valence-corrected chi connectivity index (χ3v) is 2.15. The molecule has 0 saturated carbocycles. The molecule has 106 valence electrons. The molecule has 0 fully saturated rings. The van der Waals surface area contributed by atoms with E-state index in [1.807, 2.05) is 0 Å². The lowest BCUT2D eigenvalue weighted by Crippen LogP contribution is -2.23. The molecule has 0 unspecified atom stereocenters. The van der Waals surface area contributed by atoms with Crippen LogP contribution in [0.4, 0.5) is 26.3 Å². The first-order chi connectivity index (χ1) is 8.49. The molecule has 2 N–H and O–H groups in total. The van der Waals surface area contributed by atoms with Crippen LogP contribution in [-0.2, 0) is 12.8 Å². The van der Waals surface area contributed by atoms with Crippen molar-refractivity contribution in [3.63, 3.8) is 0 Å². The van der Waals surface area contributed by atoms with Crippen LogP contribution in [0.5, 0.6) is 0 Å². The molecular weight excluding hydrogens is 278 g/mol. The highest BCUT2D eigenvalue weighted by molar-refractivity contribution is 5.92. The van der Waals surface area contributed by atoms with Gasteiger partial charge in [-0.25, -0.2) is 0 Å². The molecular formula is C10H8F6N2O. The van der Waals surface area contributed by atoms with Crippen molar-refractivity contribution in [3.05, 3.63) is 29.1 Å². The lowest BCUT2D eigenvalue weighted by atomic mass is 10.00. The van der Waals surface area contributed by atoms with Crippen LogP contribution < -0.4 is 5.73 Å². The molecule has 0 aromatic carbocycles. The number of rotatable bonds is 3. The molecule has 1 rings (SSSR count). The van der Waals surface area contributed by atoms with Crippen LogP contribution >= 0.6 is 0 Å². The summed E-state index contributed by atoms with van der Waals surface area (Å²) in [5, 5.41) is 0. The molecule has 1 aromatic heterocycles. The number of aromatic nitrogens is 1. The van der Waals surface area contributed by atoms with Crippen molar-refractivity contribution >= 4 is 5.91 Å². The Bertz CT molecular complexity index is 480. The van der Waals surface area contributed by atoms with Crippen molar-refractivity contribution in [1.82, 2.24) is 4.98 Å². The fourth-order valence-corrected chi connectivity index (χ4v) is 1.52. The van der Waals surface area contributed by atoms with E-state index in [9.17, 15) is 31.1 Å². The summed E-state index contributed by atoms with van der Waals surface area (Å²) in [5.74, 6) is -1.30. The summed E-state index contributed by atoms with van der Waals surface area (Å²) < 4.78 is 73.8. The van der Waals surface area contributed by atoms with Gasteiger partial charge in [-0.2, -0.15) is 26.3 Å². The number of hydrogen-bond donors (Lipinski definition) is 1. The quantitative estimate of drug-likeness (QED) is 0.867. The van der Waals surface area contributed by atoms with Gasteiger partial charge in [0.05, 0.1) is 12.8 Å². The number of primary amides is 1. The molecule has 0 aliphatic rings. The molecule has 0 aliphatic carbocycles. The standard InChI is InChI=1S/C10H8F6N2O/c11-9(12,13)3-5-1-2-18-7(8(17)19)6(5)4-10(14,15)16/h1-2H,3-4H2,(H2,17,19). The van der Waals surface area contributed by atoms with Gasteiger partial charge in [-0.3, -0.25) is 9.78 Å². The van der Waals surface area contributed by atoms with Crippen molar-refractivity contribution in [2.45, 2.75) is 25.2 Å². The smallest absolute Gasteiger partial charge is 0.364 e. The molecule has 0 saturated heterocycles. The molecule has 0 spiro atoms. The van der Waals surface area contributed by atoms with Gasteiger partial charge < -0.3 is 5.73 Å². The highest BCUT2D eigenvalue weighted by atomic mass is 19.4. The number of pyridine rings is 1. The van der Waals surface area contributed by atoms with Crippen molar-refractivity contribution in [2.75, 3.05) is 0 Å². The van der Waals surface area contributed by atoms with E-state index in [2.05, 4.69) is 4.98 Å². The van der Waals surface area contributed by atoms with Crippen LogP contribution in [0.1, 0.15) is 21.6 Å². The number of halogens is 6. The molecule has 0 radical (unpaired) electrons. The number of nitrogens with two attached hydrogens (primary N) is 1. The maximum atomic E-state index is 12.3. The van der Waals surface area contributed by atoms with Gasteiger partial charge in [-0.15, -0.1) is 0 Å². The molecule has 0 atom stereocenters. The molecule has 19 heavy (non-hydrogen) atoms. The van der Waals surface area contributed by atoms with Crippen LogP contribution in [-0.4, -0.2) is 23.2 Å². The van der Waals surface area contributed by atoms with E-state index in [0.29, 0.717) is 0 Å². The van der Waals surface area contributed by atoms with Gasteiger partial charge in [0.15, 0.2) is 0 Å². The molecule has 0 aliphatic heterocycles. The van der Waals surface area contributed by atoms with Crippen molar-refractivity contribution in [2.24, 2.45) is 5.73 Å². The molecule has 1 heterocycles. The largest absolute Gasteiger partial charge is 0.393 e. The zero-order valence-electron chi connectivity index (χ0n) is 9.27. The van der Waals surface area contributed by atoms with E-state index >= 15 is 0 Å². The lowest BCUT2D eigenvalue weighted by molar-refractivity contribution is -0.132. The number of carbonyl (C=O) groups excluding carboxylic acids is 1. The second kappa shape index (κ2) is 5.06. The summed E-state index contributed by atoms with van der Waals surface area (Å²) in [6.45, 7) is 0. The van der Waals surface area contributed by atoms with Crippen LogP contribution in [0.2, 0.25) is 0 Å². The van der Waals surface area contributed by atoms with E-state index in [4.69, 9.17) is 5.73 Å². The topological polar surface area (TPSA) is 56.0 Å². The molecule has 1 amide bonds. The van der Waals surface area contributed by atoms with Gasteiger partial charge in [0.25, 0.3) is 5.91 Å². The maximum Gasteiger partial charge on any atom is 0.393 e. The predicted octanol–water partition coefficient (Wildman–Crippen LogP) is 2.39. The van der Waals surface area contributed by atoms with E-state index in [0.717, 1.165) is 12.3 Å². The predicted molar refractivity (Wildman–Crippen MR) is 52.3 cm³/mol. The normalized spacial score (nSPS) is 12.5. The Balaban J connectivity index is 3.30. The average molecular weight is 286 g/mol. The molecule has 0 bridgehead atoms. The summed E-state index contributed by atoms with van der Waals surface area (Å²) in [5.41, 5.74) is 2.53. The van der Waals surface area contributed by atoms with Crippen molar-refractivity contribution in [1.29, 1.82) is 0 Å². The Morgan fingerprint density at radius 3 is 2.05 bits per heavy atom. The SMILES string of the molecule is NC(=O)c1nccc(CC(F)(F)F)c1CC(F)(F)F. The summed E-state index contributed by atoms with van der Waals surface area (Å²) in [4.78, 5) is 14.2. The third kappa shape index (κ3) is 4.76. The maximum absolute atomic E-state index is 12.3. The number of nitrogens with zero attached hydrogens (tertiary/aromatic N) is 1. The molecule has 3 nitrogen and oxygen atoms in total. The van der Waals surface area contributed by atoms with Gasteiger partial charge in [0.1, 0.15) is 5.69 Å². The minimum Gasteiger partial charge on any atom is -0.364 e. The van der Waals surface area contributed by atoms with Crippen LogP contribution in [0.3, 0.4) is 0 Å². The number of hydrogen-bond acceptors (Lipinski definition) is 2. The van der Waals surface area contributed by atoms with Gasteiger partial charge >= 0.3 is 12.4 Å². The fourth-order valence-electron chi connectivity index (χ4n) is 1.52. The number of amides is 1. The van der Waals surface area contributed by atoms with E-state index in [1.165, 1.54) is 0 Å². The first-order valence-corrected chi connectivity index (χ1v) is 4.89. The minimum absolute atomic E-state index is 0.659. The highest BCUT2D eigenvalue weighted by Gasteiger charge is 2.35. The van der Waals surface area contributed by atoms with E-state index in [1.54, 1.807) is 0 Å². The Hall–Kier alpha value is -1.80. The second-order valence-electron chi connectivity index (χ2n) is 3.75. The van der Waals surface area contributed by atoms with Gasteiger partial charge in [0.2, 0.25) is 0 Å². The zero-order valence-corrected chi connectivity index (χ0v) is 9.27. The summed E-state index contributed by atoms with van der Waals surface area (Å²) in [7, 11) is 0. The lowest BCUT2D eigenvalue weighted by Gasteiger charge is -2.15. The molecule has 1 aromatic rings. The van der Waals surface area contributed by atoms with Crippen LogP contribution in [0, 0.1) is 0 Å². The summed E-state index contributed by atoms with van der Waals surface area (Å²) in [6.07, 6.45) is -11.9. The van der Waals surface area contributed by atoms with Crippen LogP contribution in [0.15, 0.2) is 12.3 Å². The number of carbonyl (C=O) groups is 1. The summed E-state index contributed by atoms with van der Waals surface area (Å²) >= 11 is 0. The van der Waals surface area contributed by atoms with Gasteiger partial charge in [-0.1, -0.05) is 0 Å². The first kappa shape index (κ1) is 15.3. The Morgan fingerprint density at radius 2 is 1.63 bits per heavy atom. The first-order valence-electron chi connectivity index (χ1n) is 4.89. The third-order valence-electron chi connectivity index (χ3n) is 2.15. The zero-order chi connectivity index (χ0) is 14.8. The Labute approximate surface area is 103 Å². The minimum atomic E-state index is -4.77.